The molecule has 1 saturated heterocycles. The largest absolute Gasteiger partial charge is 0.379 e. The van der Waals surface area contributed by atoms with Crippen molar-refractivity contribution in [1.29, 1.82) is 0 Å². The first-order chi connectivity index (χ1) is 7.36. The maximum Gasteiger partial charge on any atom is 0.104 e. The molecular formula is C11H15NO2S. The Labute approximate surface area is 93.4 Å². The van der Waals surface area contributed by atoms with E-state index in [2.05, 4.69) is 16.8 Å². The summed E-state index contributed by atoms with van der Waals surface area (Å²) >= 11 is 1.80. The minimum absolute atomic E-state index is 0.180. The highest BCUT2D eigenvalue weighted by atomic mass is 32.1. The molecule has 0 radical (unpaired) electrons. The number of nitrogens with one attached hydrogen (secondary N) is 1. The highest BCUT2D eigenvalue weighted by Crippen LogP contribution is 2.44. The van der Waals surface area contributed by atoms with Crippen molar-refractivity contribution < 1.29 is 9.47 Å². The summed E-state index contributed by atoms with van der Waals surface area (Å²) in [6.45, 7) is 3.35. The number of rotatable bonds is 2. The van der Waals surface area contributed by atoms with Crippen molar-refractivity contribution in [2.24, 2.45) is 0 Å². The molecule has 0 amide bonds. The average molecular weight is 225 g/mol. The molecule has 2 aliphatic heterocycles. The van der Waals surface area contributed by atoms with Gasteiger partial charge >= 0.3 is 0 Å². The first-order valence-corrected chi connectivity index (χ1v) is 6.15. The van der Waals surface area contributed by atoms with Gasteiger partial charge in [0, 0.05) is 11.4 Å². The Kier molecular flexibility index (Phi) is 2.32. The van der Waals surface area contributed by atoms with Crippen LogP contribution in [0.25, 0.3) is 0 Å². The zero-order valence-electron chi connectivity index (χ0n) is 8.79. The fourth-order valence-electron chi connectivity index (χ4n) is 2.35. The molecule has 4 heteroatoms. The lowest BCUT2D eigenvalue weighted by atomic mass is 9.77. The zero-order chi connectivity index (χ0) is 10.3. The summed E-state index contributed by atoms with van der Waals surface area (Å²) in [5.41, 5.74) is 1.64. The number of hydrogen-bond donors (Lipinski definition) is 1. The minimum atomic E-state index is 0.180. The van der Waals surface area contributed by atoms with E-state index in [1.807, 2.05) is 7.05 Å². The lowest BCUT2D eigenvalue weighted by Gasteiger charge is -2.45. The summed E-state index contributed by atoms with van der Waals surface area (Å²) < 4.78 is 11.3. The molecule has 0 bridgehead atoms. The fraction of sp³-hybridized carbons (Fsp3) is 0.636. The molecule has 1 unspecified atom stereocenters. The van der Waals surface area contributed by atoms with E-state index >= 15 is 0 Å². The van der Waals surface area contributed by atoms with Crippen LogP contribution in [0.1, 0.15) is 16.5 Å². The molecule has 3 rings (SSSR count). The summed E-state index contributed by atoms with van der Waals surface area (Å²) in [7, 11) is 1.97. The number of thiophene rings is 1. The first kappa shape index (κ1) is 9.78. The third kappa shape index (κ3) is 1.36. The van der Waals surface area contributed by atoms with E-state index in [9.17, 15) is 0 Å². The van der Waals surface area contributed by atoms with Gasteiger partial charge in [0.2, 0.25) is 0 Å². The van der Waals surface area contributed by atoms with Gasteiger partial charge in [-0.2, -0.15) is 0 Å². The van der Waals surface area contributed by atoms with Crippen LogP contribution in [-0.2, 0) is 14.9 Å². The molecular weight excluding hydrogens is 210 g/mol. The zero-order valence-corrected chi connectivity index (χ0v) is 9.60. The Morgan fingerprint density at radius 1 is 1.53 bits per heavy atom. The molecule has 2 aliphatic rings. The van der Waals surface area contributed by atoms with E-state index in [1.54, 1.807) is 11.3 Å². The average Bonchev–Trinajstić information content (AvgIpc) is 2.65. The number of ether oxygens (including phenoxy) is 2. The molecule has 3 heterocycles. The van der Waals surface area contributed by atoms with Crippen LogP contribution in [0.3, 0.4) is 0 Å². The Morgan fingerprint density at radius 2 is 2.40 bits per heavy atom. The van der Waals surface area contributed by atoms with E-state index in [-0.39, 0.29) is 11.5 Å². The highest BCUT2D eigenvalue weighted by Gasteiger charge is 2.46. The predicted octanol–water partition coefficient (Wildman–Crippen LogP) is 1.31. The molecule has 1 fully saturated rings. The maximum atomic E-state index is 5.93. The predicted molar refractivity (Wildman–Crippen MR) is 59.4 cm³/mol. The molecule has 1 spiro atoms. The van der Waals surface area contributed by atoms with Crippen LogP contribution in [0, 0.1) is 0 Å². The van der Waals surface area contributed by atoms with Crippen molar-refractivity contribution in [3.63, 3.8) is 0 Å². The third-order valence-corrected chi connectivity index (χ3v) is 4.27. The first-order valence-electron chi connectivity index (χ1n) is 5.27. The van der Waals surface area contributed by atoms with Gasteiger partial charge in [-0.3, -0.25) is 0 Å². The van der Waals surface area contributed by atoms with Crippen molar-refractivity contribution in [3.05, 3.63) is 21.9 Å². The van der Waals surface area contributed by atoms with Crippen LogP contribution in [0.2, 0.25) is 0 Å². The lowest BCUT2D eigenvalue weighted by Crippen LogP contribution is -2.53. The Bertz CT molecular complexity index is 359. The van der Waals surface area contributed by atoms with Crippen LogP contribution in [0.5, 0.6) is 0 Å². The number of likely N-dealkylation sites (N-methyl/N-ethyl adjacent to an activating group) is 1. The molecule has 1 aromatic heterocycles. The van der Waals surface area contributed by atoms with Gasteiger partial charge in [-0.15, -0.1) is 11.3 Å². The Morgan fingerprint density at radius 3 is 3.07 bits per heavy atom. The molecule has 3 nitrogen and oxygen atoms in total. The van der Waals surface area contributed by atoms with Crippen LogP contribution in [0.15, 0.2) is 11.4 Å². The fourth-order valence-corrected chi connectivity index (χ4v) is 3.41. The Hall–Kier alpha value is -0.420. The van der Waals surface area contributed by atoms with Crippen molar-refractivity contribution in [2.45, 2.75) is 11.5 Å². The van der Waals surface area contributed by atoms with E-state index < -0.39 is 0 Å². The van der Waals surface area contributed by atoms with Gasteiger partial charge in [0.1, 0.15) is 6.10 Å². The molecule has 0 aromatic carbocycles. The van der Waals surface area contributed by atoms with Gasteiger partial charge in [0.25, 0.3) is 0 Å². The number of hydrogen-bond acceptors (Lipinski definition) is 4. The van der Waals surface area contributed by atoms with Gasteiger partial charge < -0.3 is 14.8 Å². The summed E-state index contributed by atoms with van der Waals surface area (Å²) in [5, 5.41) is 5.35. The standard InChI is InChI=1S/C11H15NO2S/c1-12-4-9-10-8(2-3-15-10)11(7-14-9)5-13-6-11/h2-3,9,12H,4-7H2,1H3. The van der Waals surface area contributed by atoms with Crippen molar-refractivity contribution >= 4 is 11.3 Å². The van der Waals surface area contributed by atoms with E-state index in [0.717, 1.165) is 26.4 Å². The summed E-state index contributed by atoms with van der Waals surface area (Å²) in [5.74, 6) is 0. The Balaban J connectivity index is 1.94. The second kappa shape index (κ2) is 3.56. The van der Waals surface area contributed by atoms with Gasteiger partial charge in [-0.1, -0.05) is 0 Å². The molecule has 1 aromatic rings. The summed E-state index contributed by atoms with van der Waals surface area (Å²) in [6.07, 6.45) is 0.233. The summed E-state index contributed by atoms with van der Waals surface area (Å²) in [4.78, 5) is 1.39. The van der Waals surface area contributed by atoms with Crippen molar-refractivity contribution in [3.8, 4) is 0 Å². The van der Waals surface area contributed by atoms with Crippen LogP contribution in [0.4, 0.5) is 0 Å². The summed E-state index contributed by atoms with van der Waals surface area (Å²) in [6, 6.07) is 2.24. The van der Waals surface area contributed by atoms with Gasteiger partial charge in [-0.05, 0) is 24.1 Å². The molecule has 0 saturated carbocycles. The maximum absolute atomic E-state index is 5.93. The highest BCUT2D eigenvalue weighted by molar-refractivity contribution is 7.10. The topological polar surface area (TPSA) is 30.5 Å². The lowest BCUT2D eigenvalue weighted by molar-refractivity contribution is -0.124. The quantitative estimate of drug-likeness (QED) is 0.823. The van der Waals surface area contributed by atoms with Gasteiger partial charge in [0.15, 0.2) is 0 Å². The minimum Gasteiger partial charge on any atom is -0.379 e. The second-order valence-corrected chi connectivity index (χ2v) is 5.28. The van der Waals surface area contributed by atoms with Crippen molar-refractivity contribution in [2.75, 3.05) is 33.4 Å². The smallest absolute Gasteiger partial charge is 0.104 e. The molecule has 82 valence electrons. The number of fused-ring (bicyclic) bond motifs is 2. The SMILES string of the molecule is CNCC1OCC2(COC2)c2ccsc21. The molecule has 1 N–H and O–H groups in total. The molecule has 15 heavy (non-hydrogen) atoms. The van der Waals surface area contributed by atoms with Crippen LogP contribution in [-0.4, -0.2) is 33.4 Å². The van der Waals surface area contributed by atoms with Gasteiger partial charge in [0.05, 0.1) is 25.2 Å². The van der Waals surface area contributed by atoms with Gasteiger partial charge in [-0.25, -0.2) is 0 Å². The molecule has 1 atom stereocenters. The third-order valence-electron chi connectivity index (χ3n) is 3.27. The van der Waals surface area contributed by atoms with E-state index in [4.69, 9.17) is 9.47 Å². The van der Waals surface area contributed by atoms with E-state index in [0.29, 0.717) is 0 Å². The van der Waals surface area contributed by atoms with Crippen LogP contribution >= 0.6 is 11.3 Å². The monoisotopic (exact) mass is 225 g/mol. The van der Waals surface area contributed by atoms with Crippen molar-refractivity contribution in [1.82, 2.24) is 5.32 Å². The molecule has 0 aliphatic carbocycles. The second-order valence-electron chi connectivity index (χ2n) is 4.33. The van der Waals surface area contributed by atoms with Crippen LogP contribution < -0.4 is 5.32 Å². The normalized spacial score (nSPS) is 27.4. The van der Waals surface area contributed by atoms with E-state index in [1.165, 1.54) is 10.4 Å².